The third kappa shape index (κ3) is 4.16. The molecule has 2 aromatic rings. The van der Waals surface area contributed by atoms with Gasteiger partial charge in [0.2, 0.25) is 5.91 Å². The number of carbonyl (C=O) groups is 1. The first kappa shape index (κ1) is 15.2. The first-order valence-electron chi connectivity index (χ1n) is 6.12. The van der Waals surface area contributed by atoms with Gasteiger partial charge >= 0.3 is 0 Å². The minimum Gasteiger partial charge on any atom is -0.398 e. The van der Waals surface area contributed by atoms with Gasteiger partial charge < -0.3 is 15.6 Å². The molecule has 0 bridgehead atoms. The fourth-order valence-corrected chi connectivity index (χ4v) is 2.17. The Hall–Kier alpha value is -2.15. The van der Waals surface area contributed by atoms with E-state index in [1.807, 2.05) is 0 Å². The lowest BCUT2D eigenvalue weighted by atomic mass is 10.2. The first-order valence-corrected chi connectivity index (χ1v) is 6.91. The number of benzene rings is 1. The van der Waals surface area contributed by atoms with Gasteiger partial charge in [-0.15, -0.1) is 0 Å². The molecule has 110 valence electrons. The van der Waals surface area contributed by atoms with Crippen molar-refractivity contribution in [1.82, 2.24) is 9.88 Å². The minimum atomic E-state index is -0.403. The third-order valence-corrected chi connectivity index (χ3v) is 3.30. The van der Waals surface area contributed by atoms with Crippen LogP contribution in [-0.2, 0) is 17.9 Å². The predicted octanol–water partition coefficient (Wildman–Crippen LogP) is 1.65. The molecule has 1 aromatic carbocycles. The Balaban J connectivity index is 2.01. The number of nitrogens with one attached hydrogen (secondary N) is 1. The summed E-state index contributed by atoms with van der Waals surface area (Å²) in [6.07, 6.45) is 1.39. The number of amides is 1. The van der Waals surface area contributed by atoms with Crippen LogP contribution >= 0.6 is 15.9 Å². The second-order valence-corrected chi connectivity index (χ2v) is 5.36. The van der Waals surface area contributed by atoms with Crippen molar-refractivity contribution in [3.05, 3.63) is 62.7 Å². The molecule has 0 aliphatic carbocycles. The van der Waals surface area contributed by atoms with Gasteiger partial charge in [-0.05, 0) is 24.3 Å². The van der Waals surface area contributed by atoms with E-state index in [-0.39, 0.29) is 18.6 Å². The van der Waals surface area contributed by atoms with E-state index in [0.717, 1.165) is 4.47 Å². The zero-order chi connectivity index (χ0) is 15.4. The average Bonchev–Trinajstić information content (AvgIpc) is 2.44. The van der Waals surface area contributed by atoms with Gasteiger partial charge in [0.15, 0.2) is 0 Å². The molecule has 3 N–H and O–H groups in total. The Labute approximate surface area is 128 Å². The number of nitrogens with zero attached hydrogens (tertiary/aromatic N) is 1. The number of hydrogen-bond acceptors (Lipinski definition) is 3. The smallest absolute Gasteiger partial charge is 0.251 e. The maximum absolute atomic E-state index is 13.5. The van der Waals surface area contributed by atoms with E-state index in [1.54, 1.807) is 12.1 Å². The van der Waals surface area contributed by atoms with Crippen molar-refractivity contribution in [2.75, 3.05) is 5.73 Å². The largest absolute Gasteiger partial charge is 0.398 e. The Kier molecular flexibility index (Phi) is 4.74. The molecule has 0 fully saturated rings. The van der Waals surface area contributed by atoms with Gasteiger partial charge in [0.1, 0.15) is 12.4 Å². The summed E-state index contributed by atoms with van der Waals surface area (Å²) in [4.78, 5) is 23.3. The normalized spacial score (nSPS) is 10.4. The van der Waals surface area contributed by atoms with Crippen LogP contribution in [0.25, 0.3) is 0 Å². The Morgan fingerprint density at radius 3 is 2.86 bits per heavy atom. The molecule has 0 unspecified atom stereocenters. The van der Waals surface area contributed by atoms with Crippen LogP contribution < -0.4 is 16.6 Å². The summed E-state index contributed by atoms with van der Waals surface area (Å²) < 4.78 is 15.4. The number of pyridine rings is 1. The van der Waals surface area contributed by atoms with Crippen LogP contribution in [0.5, 0.6) is 0 Å². The summed E-state index contributed by atoms with van der Waals surface area (Å²) in [5.41, 5.74) is 5.98. The number of aromatic nitrogens is 1. The van der Waals surface area contributed by atoms with Gasteiger partial charge in [0.05, 0.1) is 0 Å². The average molecular weight is 354 g/mol. The van der Waals surface area contributed by atoms with E-state index in [9.17, 15) is 14.0 Å². The number of nitrogen functional groups attached to an aromatic ring is 1. The van der Waals surface area contributed by atoms with E-state index in [4.69, 9.17) is 5.73 Å². The molecular weight excluding hydrogens is 341 g/mol. The monoisotopic (exact) mass is 353 g/mol. The van der Waals surface area contributed by atoms with Crippen molar-refractivity contribution in [1.29, 1.82) is 0 Å². The standard InChI is InChI=1S/C14H13BrFN3O2/c15-10-1-3-12(16)9(5-10)6-18-13(20)8-19-7-11(17)2-4-14(19)21/h1-5,7H,6,8,17H2,(H,18,20). The summed E-state index contributed by atoms with van der Waals surface area (Å²) in [6.45, 7) is -0.124. The fraction of sp³-hybridized carbons (Fsp3) is 0.143. The molecule has 1 heterocycles. The quantitative estimate of drug-likeness (QED) is 0.877. The summed E-state index contributed by atoms with van der Waals surface area (Å²) >= 11 is 3.24. The van der Waals surface area contributed by atoms with Crippen molar-refractivity contribution < 1.29 is 9.18 Å². The molecule has 0 atom stereocenters. The van der Waals surface area contributed by atoms with Crippen LogP contribution in [0.1, 0.15) is 5.56 Å². The van der Waals surface area contributed by atoms with Crippen LogP contribution in [0.15, 0.2) is 45.8 Å². The van der Waals surface area contributed by atoms with Crippen LogP contribution in [0.2, 0.25) is 0 Å². The highest BCUT2D eigenvalue weighted by molar-refractivity contribution is 9.10. The Bertz CT molecular complexity index is 730. The molecular formula is C14H13BrFN3O2. The molecule has 5 nitrogen and oxygen atoms in total. The van der Waals surface area contributed by atoms with Crippen molar-refractivity contribution in [3.63, 3.8) is 0 Å². The number of rotatable bonds is 4. The number of nitrogens with two attached hydrogens (primary N) is 1. The lowest BCUT2D eigenvalue weighted by Gasteiger charge is -2.09. The molecule has 0 spiro atoms. The SMILES string of the molecule is Nc1ccc(=O)n(CC(=O)NCc2cc(Br)ccc2F)c1. The minimum absolute atomic E-state index is 0.0428. The molecule has 0 aliphatic rings. The molecule has 7 heteroatoms. The van der Waals surface area contributed by atoms with Crippen molar-refractivity contribution in [2.24, 2.45) is 0 Å². The highest BCUT2D eigenvalue weighted by Crippen LogP contribution is 2.15. The molecule has 0 saturated carbocycles. The third-order valence-electron chi connectivity index (χ3n) is 2.80. The van der Waals surface area contributed by atoms with Gasteiger partial charge in [-0.2, -0.15) is 0 Å². The number of anilines is 1. The highest BCUT2D eigenvalue weighted by atomic mass is 79.9. The van der Waals surface area contributed by atoms with E-state index >= 15 is 0 Å². The predicted molar refractivity (Wildman–Crippen MR) is 81.1 cm³/mol. The van der Waals surface area contributed by atoms with Gasteiger partial charge in [0, 0.05) is 34.5 Å². The number of carbonyl (C=O) groups excluding carboxylic acids is 1. The first-order chi connectivity index (χ1) is 9.95. The molecule has 0 aliphatic heterocycles. The zero-order valence-electron chi connectivity index (χ0n) is 11.0. The van der Waals surface area contributed by atoms with Crippen LogP contribution in [0.4, 0.5) is 10.1 Å². The van der Waals surface area contributed by atoms with Crippen molar-refractivity contribution in [3.8, 4) is 0 Å². The van der Waals surface area contributed by atoms with Gasteiger partial charge in [-0.1, -0.05) is 15.9 Å². The van der Waals surface area contributed by atoms with Gasteiger partial charge in [0.25, 0.3) is 5.56 Å². The molecule has 0 radical (unpaired) electrons. The number of halogens is 2. The lowest BCUT2D eigenvalue weighted by molar-refractivity contribution is -0.121. The van der Waals surface area contributed by atoms with Gasteiger partial charge in [-0.3, -0.25) is 9.59 Å². The van der Waals surface area contributed by atoms with Crippen LogP contribution in [0.3, 0.4) is 0 Å². The van der Waals surface area contributed by atoms with E-state index in [2.05, 4.69) is 21.2 Å². The van der Waals surface area contributed by atoms with Crippen LogP contribution in [-0.4, -0.2) is 10.5 Å². The number of hydrogen-bond donors (Lipinski definition) is 2. The maximum Gasteiger partial charge on any atom is 0.251 e. The van der Waals surface area contributed by atoms with E-state index < -0.39 is 11.7 Å². The summed E-state index contributed by atoms with van der Waals surface area (Å²) in [6, 6.07) is 7.23. The highest BCUT2D eigenvalue weighted by Gasteiger charge is 2.07. The molecule has 21 heavy (non-hydrogen) atoms. The molecule has 1 aromatic heterocycles. The van der Waals surface area contributed by atoms with Crippen LogP contribution in [0, 0.1) is 5.82 Å². The second-order valence-electron chi connectivity index (χ2n) is 4.44. The molecule has 1 amide bonds. The van der Waals surface area contributed by atoms with Crippen molar-refractivity contribution >= 4 is 27.5 Å². The second kappa shape index (κ2) is 6.53. The molecule has 0 saturated heterocycles. The Morgan fingerprint density at radius 2 is 2.10 bits per heavy atom. The lowest BCUT2D eigenvalue weighted by Crippen LogP contribution is -2.31. The molecule has 2 rings (SSSR count). The zero-order valence-corrected chi connectivity index (χ0v) is 12.6. The summed E-state index contributed by atoms with van der Waals surface area (Å²) in [5, 5.41) is 2.56. The van der Waals surface area contributed by atoms with Gasteiger partial charge in [-0.25, -0.2) is 4.39 Å². The van der Waals surface area contributed by atoms with E-state index in [1.165, 1.54) is 29.0 Å². The fourth-order valence-electron chi connectivity index (χ4n) is 1.76. The summed E-state index contributed by atoms with van der Waals surface area (Å²) in [5.74, 6) is -0.804. The van der Waals surface area contributed by atoms with Crippen molar-refractivity contribution in [2.45, 2.75) is 13.1 Å². The summed E-state index contributed by atoms with van der Waals surface area (Å²) in [7, 11) is 0. The Morgan fingerprint density at radius 1 is 1.33 bits per heavy atom. The van der Waals surface area contributed by atoms with E-state index in [0.29, 0.717) is 11.3 Å². The maximum atomic E-state index is 13.5. The topological polar surface area (TPSA) is 77.1 Å².